The highest BCUT2D eigenvalue weighted by atomic mass is 19.1. The van der Waals surface area contributed by atoms with Crippen molar-refractivity contribution in [1.29, 1.82) is 5.26 Å². The normalized spacial score (nSPS) is 15.0. The zero-order valence-corrected chi connectivity index (χ0v) is 21.2. The van der Waals surface area contributed by atoms with Crippen LogP contribution in [0, 0.1) is 17.1 Å². The Bertz CT molecular complexity index is 1510. The lowest BCUT2D eigenvalue weighted by atomic mass is 10.0. The van der Waals surface area contributed by atoms with Crippen LogP contribution in [0.15, 0.2) is 36.5 Å². The molecule has 4 heterocycles. The molecular formula is C27H25FN6O4. The predicted molar refractivity (Wildman–Crippen MR) is 133 cm³/mol. The molecule has 0 aliphatic carbocycles. The molecule has 3 aromatic rings. The number of carbonyl (C=O) groups is 3. The van der Waals surface area contributed by atoms with E-state index < -0.39 is 23.4 Å². The number of imide groups is 1. The first-order valence-corrected chi connectivity index (χ1v) is 12.2. The number of hydrogen-bond donors (Lipinski definition) is 0. The Morgan fingerprint density at radius 3 is 2.55 bits per heavy atom. The van der Waals surface area contributed by atoms with Crippen LogP contribution in [0.25, 0.3) is 16.9 Å². The Morgan fingerprint density at radius 1 is 1.13 bits per heavy atom. The highest BCUT2D eigenvalue weighted by Gasteiger charge is 2.39. The van der Waals surface area contributed by atoms with E-state index in [9.17, 15) is 24.0 Å². The molecule has 1 fully saturated rings. The van der Waals surface area contributed by atoms with Gasteiger partial charge in [0.15, 0.2) is 5.69 Å². The van der Waals surface area contributed by atoms with Gasteiger partial charge < -0.3 is 9.64 Å². The van der Waals surface area contributed by atoms with Crippen molar-refractivity contribution in [2.45, 2.75) is 45.8 Å². The third kappa shape index (κ3) is 4.49. The van der Waals surface area contributed by atoms with Crippen LogP contribution in [0.1, 0.15) is 65.7 Å². The second-order valence-corrected chi connectivity index (χ2v) is 10.1. The van der Waals surface area contributed by atoms with Gasteiger partial charge in [0, 0.05) is 19.3 Å². The van der Waals surface area contributed by atoms with Crippen molar-refractivity contribution >= 4 is 17.9 Å². The summed E-state index contributed by atoms with van der Waals surface area (Å²) in [5.74, 6) is -1.55. The number of amides is 3. The third-order valence-electron chi connectivity index (χ3n) is 6.29. The minimum absolute atomic E-state index is 0.0391. The molecule has 0 radical (unpaired) electrons. The van der Waals surface area contributed by atoms with E-state index in [1.54, 1.807) is 31.7 Å². The molecule has 5 rings (SSSR count). The second kappa shape index (κ2) is 9.37. The number of aromatic nitrogens is 3. The van der Waals surface area contributed by atoms with Gasteiger partial charge in [0.05, 0.1) is 46.4 Å². The van der Waals surface area contributed by atoms with Crippen molar-refractivity contribution in [3.63, 3.8) is 0 Å². The number of rotatable bonds is 3. The van der Waals surface area contributed by atoms with Crippen molar-refractivity contribution in [3.8, 4) is 23.0 Å². The quantitative estimate of drug-likeness (QED) is 0.514. The Hall–Kier alpha value is -4.59. The lowest BCUT2D eigenvalue weighted by molar-refractivity contribution is 0.0247. The third-order valence-corrected chi connectivity index (χ3v) is 6.29. The van der Waals surface area contributed by atoms with Crippen LogP contribution in [0.4, 0.5) is 9.18 Å². The molecule has 0 saturated carbocycles. The van der Waals surface area contributed by atoms with Gasteiger partial charge in [-0.05, 0) is 57.9 Å². The first kappa shape index (κ1) is 25.1. The summed E-state index contributed by atoms with van der Waals surface area (Å²) < 4.78 is 21.7. The fourth-order valence-electron chi connectivity index (χ4n) is 4.59. The smallest absolute Gasteiger partial charge is 0.417 e. The van der Waals surface area contributed by atoms with E-state index in [2.05, 4.69) is 10.1 Å². The molecule has 3 amide bonds. The standard InChI is InChI=1S/C27H25FN6O4/c1-27(2,3)38-26(37)33-15-20-23(25(33)36)21(13-19(30-20)22-16(14-29)7-6-8-17(22)28)34-12-9-18(31-34)24(35)32-10-4-5-11-32/h6-9,12-13H,4-5,10-11,15H2,1-3H3. The van der Waals surface area contributed by atoms with Crippen molar-refractivity contribution in [2.24, 2.45) is 0 Å². The molecule has 194 valence electrons. The number of pyridine rings is 1. The molecule has 2 aliphatic heterocycles. The summed E-state index contributed by atoms with van der Waals surface area (Å²) in [6, 6.07) is 9.05. The van der Waals surface area contributed by atoms with Gasteiger partial charge in [-0.2, -0.15) is 10.4 Å². The van der Waals surface area contributed by atoms with Crippen LogP contribution in [0.5, 0.6) is 0 Å². The molecule has 0 spiro atoms. The van der Waals surface area contributed by atoms with Crippen LogP contribution in [-0.2, 0) is 11.3 Å². The van der Waals surface area contributed by atoms with Crippen molar-refractivity contribution in [1.82, 2.24) is 24.6 Å². The fourth-order valence-corrected chi connectivity index (χ4v) is 4.59. The zero-order valence-electron chi connectivity index (χ0n) is 21.2. The Kier molecular flexibility index (Phi) is 6.18. The Labute approximate surface area is 218 Å². The van der Waals surface area contributed by atoms with Crippen LogP contribution < -0.4 is 0 Å². The summed E-state index contributed by atoms with van der Waals surface area (Å²) >= 11 is 0. The van der Waals surface area contributed by atoms with Gasteiger partial charge in [-0.3, -0.25) is 9.59 Å². The number of ether oxygens (including phenoxy) is 1. The maximum Gasteiger partial charge on any atom is 0.417 e. The lowest BCUT2D eigenvalue weighted by Crippen LogP contribution is -2.37. The number of halogens is 1. The topological polar surface area (TPSA) is 121 Å². The molecule has 10 nitrogen and oxygen atoms in total. The van der Waals surface area contributed by atoms with Crippen LogP contribution in [0.2, 0.25) is 0 Å². The molecule has 0 atom stereocenters. The van der Waals surface area contributed by atoms with Crippen molar-refractivity contribution < 1.29 is 23.5 Å². The first-order chi connectivity index (χ1) is 18.1. The van der Waals surface area contributed by atoms with Crippen LogP contribution >= 0.6 is 0 Å². The first-order valence-electron chi connectivity index (χ1n) is 12.2. The molecule has 1 saturated heterocycles. The Morgan fingerprint density at radius 2 is 1.87 bits per heavy atom. The van der Waals surface area contributed by atoms with Gasteiger partial charge in [-0.15, -0.1) is 0 Å². The van der Waals surface area contributed by atoms with Gasteiger partial charge in [0.1, 0.15) is 11.4 Å². The number of fused-ring (bicyclic) bond motifs is 1. The monoisotopic (exact) mass is 516 g/mol. The number of nitriles is 1. The van der Waals surface area contributed by atoms with Gasteiger partial charge in [-0.1, -0.05) is 6.07 Å². The average molecular weight is 517 g/mol. The van der Waals surface area contributed by atoms with Gasteiger partial charge in [0.25, 0.3) is 11.8 Å². The number of carbonyl (C=O) groups excluding carboxylic acids is 3. The molecule has 0 N–H and O–H groups in total. The lowest BCUT2D eigenvalue weighted by Gasteiger charge is -2.23. The largest absolute Gasteiger partial charge is 0.443 e. The summed E-state index contributed by atoms with van der Waals surface area (Å²) in [6.45, 7) is 6.14. The summed E-state index contributed by atoms with van der Waals surface area (Å²) in [6.07, 6.45) is 2.53. The minimum Gasteiger partial charge on any atom is -0.443 e. The van der Waals surface area contributed by atoms with E-state index in [0.717, 1.165) is 17.7 Å². The van der Waals surface area contributed by atoms with E-state index in [4.69, 9.17) is 4.74 Å². The number of hydrogen-bond acceptors (Lipinski definition) is 7. The van der Waals surface area contributed by atoms with E-state index in [1.807, 2.05) is 6.07 Å². The highest BCUT2D eigenvalue weighted by Crippen LogP contribution is 2.34. The maximum atomic E-state index is 14.9. The van der Waals surface area contributed by atoms with Gasteiger partial charge >= 0.3 is 6.09 Å². The maximum absolute atomic E-state index is 14.9. The predicted octanol–water partition coefficient (Wildman–Crippen LogP) is 4.07. The number of likely N-dealkylation sites (tertiary alicyclic amines) is 1. The van der Waals surface area contributed by atoms with Crippen molar-refractivity contribution in [2.75, 3.05) is 13.1 Å². The van der Waals surface area contributed by atoms with Crippen molar-refractivity contribution in [3.05, 3.63) is 64.9 Å². The van der Waals surface area contributed by atoms with Crippen LogP contribution in [-0.4, -0.2) is 61.2 Å². The summed E-state index contributed by atoms with van der Waals surface area (Å²) in [5, 5.41) is 14.0. The van der Waals surface area contributed by atoms with E-state index in [0.29, 0.717) is 13.1 Å². The van der Waals surface area contributed by atoms with Gasteiger partial charge in [-0.25, -0.2) is 23.8 Å². The molecule has 2 aliphatic rings. The van der Waals surface area contributed by atoms with E-state index in [1.165, 1.54) is 35.1 Å². The summed E-state index contributed by atoms with van der Waals surface area (Å²) in [5.41, 5.74) is -0.0539. The molecule has 2 aromatic heterocycles. The molecule has 1 aromatic carbocycles. The average Bonchev–Trinajstić information content (AvgIpc) is 3.62. The SMILES string of the molecule is CC(C)(C)OC(=O)N1Cc2nc(-c3c(F)cccc3C#N)cc(-n3ccc(C(=O)N4CCCC4)n3)c2C1=O. The molecular weight excluding hydrogens is 491 g/mol. The molecule has 0 unspecified atom stereocenters. The van der Waals surface area contributed by atoms with E-state index >= 15 is 0 Å². The molecule has 11 heteroatoms. The summed E-state index contributed by atoms with van der Waals surface area (Å²) in [7, 11) is 0. The zero-order chi connectivity index (χ0) is 27.2. The second-order valence-electron chi connectivity index (χ2n) is 10.1. The molecule has 0 bridgehead atoms. The fraction of sp³-hybridized carbons (Fsp3) is 0.333. The minimum atomic E-state index is -0.845. The van der Waals surface area contributed by atoms with Crippen LogP contribution in [0.3, 0.4) is 0 Å². The molecule has 38 heavy (non-hydrogen) atoms. The number of nitrogens with zero attached hydrogens (tertiary/aromatic N) is 6. The Balaban J connectivity index is 1.63. The number of benzene rings is 1. The van der Waals surface area contributed by atoms with Gasteiger partial charge in [0.2, 0.25) is 0 Å². The summed E-state index contributed by atoms with van der Waals surface area (Å²) in [4.78, 5) is 46.3. The van der Waals surface area contributed by atoms with E-state index in [-0.39, 0.29) is 51.9 Å². The highest BCUT2D eigenvalue weighted by molar-refractivity contribution is 6.08.